The van der Waals surface area contributed by atoms with Crippen molar-refractivity contribution in [3.8, 4) is 0 Å². The third-order valence-electron chi connectivity index (χ3n) is 7.18. The fourth-order valence-electron chi connectivity index (χ4n) is 5.11. The maximum absolute atomic E-state index is 16.0. The number of ether oxygens (including phenoxy) is 2. The standard InChI is InChI=1S/C20H27F2N11O9P2S2/c1-26-33(15-10(23)17(34)31-20(25)30-15)19-13-8(21)6(39-19)2-37-43(35,45)41-12-7(3-38-44(36,46)42-13)40-18(9(12)22)32-5-29-11-14(24)27-4-28-16(11)32/h4-9,12-13,18-19,26H,2-3,23H2,1H3,(H,35,45)(H,36,46)(H2,24,27,28)(H3,25,30,31,34)/t6-,7-,8+,9+,12-,13-,18-,19-,43?,44?/m1/s1. The van der Waals surface area contributed by atoms with E-state index < -0.39 is 87.1 Å². The molecule has 0 radical (unpaired) electrons. The Morgan fingerprint density at radius 1 is 1.04 bits per heavy atom. The van der Waals surface area contributed by atoms with Gasteiger partial charge < -0.3 is 45.5 Å². The van der Waals surface area contributed by atoms with Crippen LogP contribution in [0, 0.1) is 0 Å². The molecule has 46 heavy (non-hydrogen) atoms. The normalized spacial score (nSPS) is 36.9. The molecule has 6 rings (SSSR count). The summed E-state index contributed by atoms with van der Waals surface area (Å²) in [4.78, 5) is 52.5. The lowest BCUT2D eigenvalue weighted by molar-refractivity contribution is -0.0490. The molecule has 0 amide bonds. The van der Waals surface area contributed by atoms with E-state index in [9.17, 15) is 14.6 Å². The summed E-state index contributed by atoms with van der Waals surface area (Å²) in [5.74, 6) is -0.565. The number of rotatable bonds is 4. The number of anilines is 4. The van der Waals surface area contributed by atoms with E-state index in [0.29, 0.717) is 0 Å². The number of aromatic amines is 1. The molecule has 3 aliphatic heterocycles. The van der Waals surface area contributed by atoms with Crippen LogP contribution in [0.25, 0.3) is 11.2 Å². The molecule has 3 aliphatic rings. The summed E-state index contributed by atoms with van der Waals surface area (Å²) >= 11 is 10.3. The van der Waals surface area contributed by atoms with Gasteiger partial charge in [-0.3, -0.25) is 28.4 Å². The molecule has 3 saturated heterocycles. The van der Waals surface area contributed by atoms with Crippen LogP contribution in [0.15, 0.2) is 17.4 Å². The van der Waals surface area contributed by atoms with Crippen LogP contribution in [-0.4, -0.2) is 103 Å². The second kappa shape index (κ2) is 12.5. The number of nitrogens with two attached hydrogens (primary N) is 3. The van der Waals surface area contributed by atoms with Crippen LogP contribution in [-0.2, 0) is 51.2 Å². The lowest BCUT2D eigenvalue weighted by Gasteiger charge is -2.33. The van der Waals surface area contributed by atoms with E-state index in [1.165, 1.54) is 17.9 Å². The van der Waals surface area contributed by atoms with Crippen molar-refractivity contribution in [1.29, 1.82) is 0 Å². The molecule has 3 fully saturated rings. The van der Waals surface area contributed by atoms with Crippen LogP contribution in [0.1, 0.15) is 6.23 Å². The minimum atomic E-state index is -4.39. The molecule has 0 spiro atoms. The number of nitrogens with one attached hydrogen (secondary N) is 2. The van der Waals surface area contributed by atoms with E-state index in [-0.39, 0.29) is 28.7 Å². The summed E-state index contributed by atoms with van der Waals surface area (Å²) in [5, 5.41) is 1.02. The molecule has 3 aromatic rings. The van der Waals surface area contributed by atoms with Crippen molar-refractivity contribution >= 4 is 71.5 Å². The predicted octanol–water partition coefficient (Wildman–Crippen LogP) is -1.15. The second-order valence-electron chi connectivity index (χ2n) is 10.1. The van der Waals surface area contributed by atoms with Crippen molar-refractivity contribution in [2.24, 2.45) is 0 Å². The van der Waals surface area contributed by atoms with Crippen LogP contribution in [0.2, 0.25) is 0 Å². The molecule has 0 saturated carbocycles. The molecule has 10 atom stereocenters. The van der Waals surface area contributed by atoms with E-state index in [0.717, 1.165) is 11.3 Å². The van der Waals surface area contributed by atoms with Crippen molar-refractivity contribution in [3.63, 3.8) is 0 Å². The molecule has 10 N–H and O–H groups in total. The van der Waals surface area contributed by atoms with Crippen LogP contribution in [0.3, 0.4) is 0 Å². The number of H-pyrrole nitrogens is 1. The van der Waals surface area contributed by atoms with Gasteiger partial charge in [0, 0.05) is 7.05 Å². The quantitative estimate of drug-likeness (QED) is 0.123. The Kier molecular flexibility index (Phi) is 9.03. The number of hydrogen-bond acceptors (Lipinski definition) is 18. The second-order valence-corrected chi connectivity index (χ2v) is 15.6. The zero-order valence-electron chi connectivity index (χ0n) is 23.3. The molecule has 0 aliphatic carbocycles. The van der Waals surface area contributed by atoms with Gasteiger partial charge in [-0.25, -0.2) is 29.2 Å². The highest BCUT2D eigenvalue weighted by atomic mass is 32.5. The number of nitrogen functional groups attached to an aromatic ring is 3. The first-order chi connectivity index (χ1) is 21.7. The van der Waals surface area contributed by atoms with Gasteiger partial charge >= 0.3 is 13.4 Å². The lowest BCUT2D eigenvalue weighted by Crippen LogP contribution is -2.51. The minimum absolute atomic E-state index is 0.0378. The monoisotopic (exact) mass is 729 g/mol. The first-order valence-electron chi connectivity index (χ1n) is 13.1. The van der Waals surface area contributed by atoms with E-state index in [1.807, 2.05) is 0 Å². The number of halogens is 2. The fourth-order valence-corrected chi connectivity index (χ4v) is 7.95. The van der Waals surface area contributed by atoms with Crippen molar-refractivity contribution < 1.29 is 46.1 Å². The highest BCUT2D eigenvalue weighted by Crippen LogP contribution is 2.54. The minimum Gasteiger partial charge on any atom is -0.391 e. The average Bonchev–Trinajstić information content (AvgIpc) is 3.64. The molecular formula is C20H27F2N11O9P2S2. The molecule has 2 unspecified atom stereocenters. The number of nitrogens with zero attached hydrogens (tertiary/aromatic N) is 6. The third-order valence-corrected chi connectivity index (χ3v) is 10.3. The number of fused-ring (bicyclic) bond motifs is 4. The van der Waals surface area contributed by atoms with Crippen molar-refractivity contribution in [3.05, 3.63) is 23.0 Å². The summed E-state index contributed by atoms with van der Waals surface area (Å²) in [7, 11) is 1.37. The summed E-state index contributed by atoms with van der Waals surface area (Å²) in [5.41, 5.74) is 19.2. The van der Waals surface area contributed by atoms with Crippen LogP contribution in [0.5, 0.6) is 0 Å². The number of hydrazine groups is 1. The average molecular weight is 730 g/mol. The van der Waals surface area contributed by atoms with Crippen LogP contribution in [0.4, 0.5) is 32.1 Å². The largest absolute Gasteiger partial charge is 0.391 e. The number of alkyl halides is 2. The van der Waals surface area contributed by atoms with Gasteiger partial charge in [-0.05, 0) is 23.6 Å². The van der Waals surface area contributed by atoms with E-state index >= 15 is 8.78 Å². The topological polar surface area (TPSA) is 279 Å². The Hall–Kier alpha value is -2.57. The van der Waals surface area contributed by atoms with Gasteiger partial charge in [-0.1, -0.05) is 0 Å². The van der Waals surface area contributed by atoms with Gasteiger partial charge in [-0.2, -0.15) is 4.98 Å². The first kappa shape index (κ1) is 33.3. The van der Waals surface area contributed by atoms with E-state index in [4.69, 9.17) is 68.4 Å². The molecule has 3 aromatic heterocycles. The summed E-state index contributed by atoms with van der Waals surface area (Å²) in [6.07, 6.45) is -11.1. The lowest BCUT2D eigenvalue weighted by atomic mass is 10.1. The van der Waals surface area contributed by atoms with Crippen molar-refractivity contribution in [2.45, 2.75) is 49.2 Å². The molecule has 26 heteroatoms. The highest BCUT2D eigenvalue weighted by Gasteiger charge is 2.54. The smallest absolute Gasteiger partial charge is 0.325 e. The summed E-state index contributed by atoms with van der Waals surface area (Å²) < 4.78 is 66.8. The highest BCUT2D eigenvalue weighted by molar-refractivity contribution is 8.07. The molecule has 2 bridgehead atoms. The zero-order chi connectivity index (χ0) is 33.1. The predicted molar refractivity (Wildman–Crippen MR) is 162 cm³/mol. The van der Waals surface area contributed by atoms with Crippen LogP contribution >= 0.6 is 13.4 Å². The third kappa shape index (κ3) is 6.21. The number of aromatic nitrogens is 6. The van der Waals surface area contributed by atoms with Gasteiger partial charge in [0.05, 0.1) is 19.5 Å². The van der Waals surface area contributed by atoms with Gasteiger partial charge in [0.2, 0.25) is 5.95 Å². The van der Waals surface area contributed by atoms with Gasteiger partial charge in [-0.15, -0.1) is 0 Å². The molecule has 0 aromatic carbocycles. The zero-order valence-corrected chi connectivity index (χ0v) is 26.7. The number of imidazole rings is 1. The molecular weight excluding hydrogens is 702 g/mol. The summed E-state index contributed by atoms with van der Waals surface area (Å²) in [6.45, 7) is -10.2. The van der Waals surface area contributed by atoms with Crippen molar-refractivity contribution in [1.82, 2.24) is 34.9 Å². The van der Waals surface area contributed by atoms with E-state index in [1.54, 1.807) is 0 Å². The Morgan fingerprint density at radius 2 is 1.72 bits per heavy atom. The number of hydrogen-bond donors (Lipinski definition) is 7. The van der Waals surface area contributed by atoms with Gasteiger partial charge in [0.1, 0.15) is 41.9 Å². The van der Waals surface area contributed by atoms with Crippen LogP contribution < -0.4 is 33.2 Å². The SMILES string of the molecule is CNN(c1nc(N)[nH]c(=O)c1N)[C@@H]1O[C@@H]2COP(O)(=S)O[C@H]3[C@H](F)[C@H](n4cnc5c(N)ncnc54)O[C@@H]3COP(O)(=S)O[C@@H]1[C@H]2F. The maximum Gasteiger partial charge on any atom is 0.325 e. The fraction of sp³-hybridized carbons (Fsp3) is 0.550. The molecule has 20 nitrogen and oxygen atoms in total. The maximum atomic E-state index is 16.0. The van der Waals surface area contributed by atoms with Crippen molar-refractivity contribution in [2.75, 3.05) is 42.5 Å². The van der Waals surface area contributed by atoms with Gasteiger partial charge in [0.25, 0.3) is 5.56 Å². The molecule has 252 valence electrons. The first-order valence-corrected chi connectivity index (χ1v) is 18.3. The van der Waals surface area contributed by atoms with Gasteiger partial charge in [0.15, 0.2) is 42.1 Å². The Labute approximate surface area is 267 Å². The Bertz CT molecular complexity index is 1790. The summed E-state index contributed by atoms with van der Waals surface area (Å²) in [6, 6.07) is 0. The Morgan fingerprint density at radius 3 is 2.41 bits per heavy atom. The molecule has 6 heterocycles. The van der Waals surface area contributed by atoms with E-state index in [2.05, 4.69) is 30.3 Å². The Balaban J connectivity index is 1.31.